The molecule has 2 N–H and O–H groups in total. The van der Waals surface area contributed by atoms with E-state index in [1.165, 1.54) is 6.07 Å². The van der Waals surface area contributed by atoms with Crippen LogP contribution in [-0.4, -0.2) is 15.3 Å². The van der Waals surface area contributed by atoms with Crippen LogP contribution in [0.3, 0.4) is 0 Å². The van der Waals surface area contributed by atoms with Gasteiger partial charge in [0.25, 0.3) is 0 Å². The smallest absolute Gasteiger partial charge is 0.168 e. The minimum absolute atomic E-state index is 0.186. The van der Waals surface area contributed by atoms with Crippen molar-refractivity contribution in [2.75, 3.05) is 5.75 Å². The molecule has 1 aliphatic rings. The van der Waals surface area contributed by atoms with E-state index in [0.717, 1.165) is 34.4 Å². The molecule has 3 nitrogen and oxygen atoms in total. The molecular weight excluding hydrogens is 249 g/mol. The van der Waals surface area contributed by atoms with E-state index in [1.807, 2.05) is 6.07 Å². The van der Waals surface area contributed by atoms with E-state index in [0.29, 0.717) is 12.1 Å². The zero-order chi connectivity index (χ0) is 12.7. The molecule has 0 atom stereocenters. The maximum atomic E-state index is 13.3. The van der Waals surface area contributed by atoms with Gasteiger partial charge in [0.15, 0.2) is 5.16 Å². The van der Waals surface area contributed by atoms with E-state index in [9.17, 15) is 4.39 Å². The standard InChI is InChI=1S/C13H14FN3S/c1-8-6-9(2-3-10(8)14)12-11(7-15)17-4-5-18-13(17)16-12/h2-3,6H,4-5,7,15H2,1H3. The largest absolute Gasteiger partial charge is 0.325 e. The fraction of sp³-hybridized carbons (Fsp3) is 0.308. The van der Waals surface area contributed by atoms with Gasteiger partial charge >= 0.3 is 0 Å². The van der Waals surface area contributed by atoms with Gasteiger partial charge in [-0.2, -0.15) is 0 Å². The average molecular weight is 263 g/mol. The van der Waals surface area contributed by atoms with Crippen molar-refractivity contribution in [3.63, 3.8) is 0 Å². The summed E-state index contributed by atoms with van der Waals surface area (Å²) >= 11 is 1.74. The van der Waals surface area contributed by atoms with E-state index in [4.69, 9.17) is 5.73 Å². The Kier molecular flexibility index (Phi) is 2.87. The van der Waals surface area contributed by atoms with Crippen LogP contribution in [0.15, 0.2) is 23.4 Å². The van der Waals surface area contributed by atoms with Crippen molar-refractivity contribution in [1.82, 2.24) is 9.55 Å². The van der Waals surface area contributed by atoms with E-state index in [-0.39, 0.29) is 5.82 Å². The van der Waals surface area contributed by atoms with Crippen LogP contribution < -0.4 is 5.73 Å². The Hall–Kier alpha value is -1.33. The molecule has 0 saturated carbocycles. The lowest BCUT2D eigenvalue weighted by Gasteiger charge is -2.06. The van der Waals surface area contributed by atoms with Gasteiger partial charge < -0.3 is 10.3 Å². The highest BCUT2D eigenvalue weighted by molar-refractivity contribution is 7.99. The topological polar surface area (TPSA) is 43.8 Å². The van der Waals surface area contributed by atoms with E-state index >= 15 is 0 Å². The first-order valence-corrected chi connectivity index (χ1v) is 6.88. The molecule has 94 valence electrons. The number of nitrogens with zero attached hydrogens (tertiary/aromatic N) is 2. The second kappa shape index (κ2) is 4.40. The van der Waals surface area contributed by atoms with Crippen molar-refractivity contribution in [2.45, 2.75) is 25.2 Å². The minimum Gasteiger partial charge on any atom is -0.325 e. The number of hydrogen-bond acceptors (Lipinski definition) is 3. The van der Waals surface area contributed by atoms with Crippen molar-refractivity contribution in [2.24, 2.45) is 5.73 Å². The molecular formula is C13H14FN3S. The van der Waals surface area contributed by atoms with Crippen molar-refractivity contribution >= 4 is 11.8 Å². The van der Waals surface area contributed by atoms with Crippen molar-refractivity contribution in [3.8, 4) is 11.3 Å². The second-order valence-corrected chi connectivity index (χ2v) is 5.42. The zero-order valence-corrected chi connectivity index (χ0v) is 10.9. The number of aryl methyl sites for hydroxylation is 1. The molecule has 2 aromatic rings. The second-order valence-electron chi connectivity index (χ2n) is 4.36. The summed E-state index contributed by atoms with van der Waals surface area (Å²) in [6.07, 6.45) is 0. The van der Waals surface area contributed by atoms with Gasteiger partial charge in [0, 0.05) is 24.4 Å². The Morgan fingerprint density at radius 3 is 3.06 bits per heavy atom. The van der Waals surface area contributed by atoms with Gasteiger partial charge in [0.1, 0.15) is 5.82 Å². The Bertz CT molecular complexity index is 607. The predicted molar refractivity (Wildman–Crippen MR) is 71.0 cm³/mol. The van der Waals surface area contributed by atoms with Crippen LogP contribution in [0.1, 0.15) is 11.3 Å². The summed E-state index contributed by atoms with van der Waals surface area (Å²) in [6.45, 7) is 3.18. The monoisotopic (exact) mass is 263 g/mol. The van der Waals surface area contributed by atoms with Crippen LogP contribution in [0.25, 0.3) is 11.3 Å². The van der Waals surface area contributed by atoms with Gasteiger partial charge in [0.05, 0.1) is 11.4 Å². The molecule has 0 saturated heterocycles. The van der Waals surface area contributed by atoms with Crippen LogP contribution in [0, 0.1) is 12.7 Å². The molecule has 18 heavy (non-hydrogen) atoms. The number of nitrogens with two attached hydrogens (primary N) is 1. The summed E-state index contributed by atoms with van der Waals surface area (Å²) in [5, 5.41) is 1.02. The van der Waals surface area contributed by atoms with Crippen LogP contribution in [0.5, 0.6) is 0 Å². The highest BCUT2D eigenvalue weighted by Crippen LogP contribution is 2.33. The number of aromatic nitrogens is 2. The normalized spacial score (nSPS) is 13.9. The van der Waals surface area contributed by atoms with Crippen LogP contribution in [-0.2, 0) is 13.1 Å². The fourth-order valence-electron chi connectivity index (χ4n) is 2.26. The van der Waals surface area contributed by atoms with Crippen molar-refractivity contribution < 1.29 is 4.39 Å². The van der Waals surface area contributed by atoms with Gasteiger partial charge in [-0.05, 0) is 30.7 Å². The quantitative estimate of drug-likeness (QED) is 0.905. The molecule has 0 unspecified atom stereocenters. The zero-order valence-electron chi connectivity index (χ0n) is 10.1. The SMILES string of the molecule is Cc1cc(-c2nc3n(c2CN)CCS3)ccc1F. The average Bonchev–Trinajstić information content (AvgIpc) is 2.92. The fourth-order valence-corrected chi connectivity index (χ4v) is 3.23. The molecule has 0 bridgehead atoms. The Morgan fingerprint density at radius 2 is 2.33 bits per heavy atom. The molecule has 0 fully saturated rings. The minimum atomic E-state index is -0.186. The molecule has 5 heteroatoms. The summed E-state index contributed by atoms with van der Waals surface area (Å²) in [5.74, 6) is 0.868. The third-order valence-corrected chi connectivity index (χ3v) is 4.16. The molecule has 2 heterocycles. The summed E-state index contributed by atoms with van der Waals surface area (Å²) in [6, 6.07) is 5.09. The summed E-state index contributed by atoms with van der Waals surface area (Å²) in [7, 11) is 0. The third-order valence-electron chi connectivity index (χ3n) is 3.21. The molecule has 0 amide bonds. The summed E-state index contributed by atoms with van der Waals surface area (Å²) in [4.78, 5) is 4.63. The van der Waals surface area contributed by atoms with Gasteiger partial charge in [0.2, 0.25) is 0 Å². The van der Waals surface area contributed by atoms with Gasteiger partial charge in [-0.15, -0.1) is 0 Å². The summed E-state index contributed by atoms with van der Waals surface area (Å²) in [5.41, 5.74) is 9.34. The maximum Gasteiger partial charge on any atom is 0.168 e. The summed E-state index contributed by atoms with van der Waals surface area (Å²) < 4.78 is 15.5. The number of thioether (sulfide) groups is 1. The van der Waals surface area contributed by atoms with Gasteiger partial charge in [-0.25, -0.2) is 9.37 Å². The lowest BCUT2D eigenvalue weighted by molar-refractivity contribution is 0.618. The Labute approximate surface area is 109 Å². The number of hydrogen-bond donors (Lipinski definition) is 1. The van der Waals surface area contributed by atoms with Gasteiger partial charge in [-0.1, -0.05) is 11.8 Å². The van der Waals surface area contributed by atoms with E-state index in [1.54, 1.807) is 24.8 Å². The highest BCUT2D eigenvalue weighted by Gasteiger charge is 2.21. The highest BCUT2D eigenvalue weighted by atomic mass is 32.2. The molecule has 3 rings (SSSR count). The van der Waals surface area contributed by atoms with E-state index < -0.39 is 0 Å². The molecule has 1 aliphatic heterocycles. The van der Waals surface area contributed by atoms with Crippen molar-refractivity contribution in [1.29, 1.82) is 0 Å². The number of halogens is 1. The van der Waals surface area contributed by atoms with Crippen LogP contribution in [0.2, 0.25) is 0 Å². The van der Waals surface area contributed by atoms with Crippen LogP contribution >= 0.6 is 11.8 Å². The maximum absolute atomic E-state index is 13.3. The number of benzene rings is 1. The first-order valence-electron chi connectivity index (χ1n) is 5.89. The molecule has 1 aromatic carbocycles. The molecule has 1 aromatic heterocycles. The first kappa shape index (κ1) is 11.7. The van der Waals surface area contributed by atoms with Crippen molar-refractivity contribution in [3.05, 3.63) is 35.3 Å². The molecule has 0 radical (unpaired) electrons. The lowest BCUT2D eigenvalue weighted by atomic mass is 10.1. The number of rotatable bonds is 2. The molecule has 0 aliphatic carbocycles. The molecule has 0 spiro atoms. The van der Waals surface area contributed by atoms with E-state index in [2.05, 4.69) is 9.55 Å². The number of fused-ring (bicyclic) bond motifs is 1. The van der Waals surface area contributed by atoms with Crippen LogP contribution in [0.4, 0.5) is 4.39 Å². The Balaban J connectivity index is 2.14. The third kappa shape index (κ3) is 1.74. The predicted octanol–water partition coefficient (Wildman–Crippen LogP) is 2.56. The first-order chi connectivity index (χ1) is 8.70. The number of imidazole rings is 1. The lowest BCUT2D eigenvalue weighted by Crippen LogP contribution is -2.07. The van der Waals surface area contributed by atoms with Gasteiger partial charge in [-0.3, -0.25) is 0 Å². The Morgan fingerprint density at radius 1 is 1.50 bits per heavy atom.